The molecule has 3 aliphatic carbocycles. The number of fused-ring (bicyclic) bond motifs is 6. The van der Waals surface area contributed by atoms with E-state index in [4.69, 9.17) is 0 Å². The van der Waals surface area contributed by atoms with Crippen molar-refractivity contribution in [2.45, 2.75) is 57.8 Å². The molecule has 0 aliphatic heterocycles. The third kappa shape index (κ3) is 7.06. The second-order valence-corrected chi connectivity index (χ2v) is 20.9. The Bertz CT molecular complexity index is 3050. The molecule has 1 nitrogen and oxygen atoms in total. The fourth-order valence-electron chi connectivity index (χ4n) is 12.0. The largest absolute Gasteiger partial charge is 0.311 e. The Morgan fingerprint density at radius 1 is 0.243 bits per heavy atom. The van der Waals surface area contributed by atoms with E-state index in [1.165, 1.54) is 100 Å². The van der Waals surface area contributed by atoms with Crippen LogP contribution in [0.1, 0.15) is 125 Å². The van der Waals surface area contributed by atoms with Crippen molar-refractivity contribution in [3.8, 4) is 0 Å². The molecular formula is C69H57N. The standard InChI is InChI=1S/C69H57N/c1-67(2)61-25-13-7-19-52(61)58(53-20-8-14-26-62(53)67)43-46-31-37-49(38-32-46)70(50-39-33-47(34-40-50)44-59-54-21-9-15-27-63(54)68(3,4)64-28-16-10-22-55(59)64)51-41-35-48(36-42-51)45-60-56-23-11-17-29-65(56)69(5,6)66-30-18-12-24-57(60)66/h7-45H,1-6H3. The lowest BCUT2D eigenvalue weighted by atomic mass is 9.67. The summed E-state index contributed by atoms with van der Waals surface area (Å²) in [5, 5.41) is 0. The Morgan fingerprint density at radius 2 is 0.429 bits per heavy atom. The molecule has 0 fully saturated rings. The lowest BCUT2D eigenvalue weighted by molar-refractivity contribution is 0.630. The average Bonchev–Trinajstić information content (AvgIpc) is 3.39. The smallest absolute Gasteiger partial charge is 0.0462 e. The number of hydrogen-bond donors (Lipinski definition) is 0. The van der Waals surface area contributed by atoms with E-state index in [0.29, 0.717) is 0 Å². The molecule has 9 aromatic carbocycles. The first kappa shape index (κ1) is 43.3. The van der Waals surface area contributed by atoms with Crippen LogP contribution in [0.15, 0.2) is 218 Å². The molecule has 0 radical (unpaired) electrons. The van der Waals surface area contributed by atoms with Gasteiger partial charge in [-0.05, 0) is 155 Å². The lowest BCUT2D eigenvalue weighted by Gasteiger charge is -2.36. The first-order valence-electron chi connectivity index (χ1n) is 24.8. The van der Waals surface area contributed by atoms with Gasteiger partial charge in [-0.2, -0.15) is 0 Å². The van der Waals surface area contributed by atoms with E-state index < -0.39 is 0 Å². The maximum Gasteiger partial charge on any atom is 0.0462 e. The molecule has 0 saturated carbocycles. The quantitative estimate of drug-likeness (QED) is 0.161. The number of hydrogen-bond acceptors (Lipinski definition) is 1. The van der Waals surface area contributed by atoms with Crippen LogP contribution < -0.4 is 4.90 Å². The predicted octanol–water partition coefficient (Wildman–Crippen LogP) is 17.8. The zero-order valence-corrected chi connectivity index (χ0v) is 41.0. The molecule has 0 aromatic heterocycles. The molecule has 338 valence electrons. The summed E-state index contributed by atoms with van der Waals surface area (Å²) in [6.07, 6.45) is 7.12. The number of rotatable bonds is 6. The van der Waals surface area contributed by atoms with E-state index in [1.54, 1.807) is 0 Å². The van der Waals surface area contributed by atoms with E-state index >= 15 is 0 Å². The summed E-state index contributed by atoms with van der Waals surface area (Å²) in [7, 11) is 0. The van der Waals surface area contributed by atoms with Crippen LogP contribution in [0.3, 0.4) is 0 Å². The van der Waals surface area contributed by atoms with Crippen molar-refractivity contribution in [2.75, 3.05) is 4.90 Å². The first-order valence-corrected chi connectivity index (χ1v) is 24.8. The molecule has 3 aliphatic rings. The molecule has 0 atom stereocenters. The van der Waals surface area contributed by atoms with E-state index in [0.717, 1.165) is 17.1 Å². The van der Waals surface area contributed by atoms with Gasteiger partial charge in [0.2, 0.25) is 0 Å². The van der Waals surface area contributed by atoms with E-state index in [1.807, 2.05) is 0 Å². The summed E-state index contributed by atoms with van der Waals surface area (Å²) in [6.45, 7) is 14.1. The third-order valence-electron chi connectivity index (χ3n) is 15.7. The van der Waals surface area contributed by atoms with Gasteiger partial charge < -0.3 is 4.90 Å². The van der Waals surface area contributed by atoms with Crippen molar-refractivity contribution in [3.63, 3.8) is 0 Å². The molecule has 0 bridgehead atoms. The Hall–Kier alpha value is -8.00. The highest BCUT2D eigenvalue weighted by atomic mass is 15.1. The molecule has 1 heteroatoms. The minimum Gasteiger partial charge on any atom is -0.311 e. The van der Waals surface area contributed by atoms with Gasteiger partial charge in [0.1, 0.15) is 0 Å². The van der Waals surface area contributed by atoms with Crippen molar-refractivity contribution in [3.05, 3.63) is 302 Å². The zero-order valence-electron chi connectivity index (χ0n) is 41.0. The summed E-state index contributed by atoms with van der Waals surface area (Å²) in [6, 6.07) is 80.8. The SMILES string of the molecule is CC1(C)c2ccccc2C(=Cc2ccc(N(c3ccc(C=C4c5ccccc5C(C)(C)c5ccccc54)cc3)c3ccc(C=C4c5ccccc5C(C)(C)c5ccccc54)cc3)cc2)c2ccccc21. The Kier molecular flexibility index (Phi) is 10.3. The van der Waals surface area contributed by atoms with Crippen LogP contribution >= 0.6 is 0 Å². The maximum atomic E-state index is 2.39. The summed E-state index contributed by atoms with van der Waals surface area (Å²) in [4.78, 5) is 2.39. The van der Waals surface area contributed by atoms with Gasteiger partial charge in [-0.3, -0.25) is 0 Å². The topological polar surface area (TPSA) is 3.24 Å². The highest BCUT2D eigenvalue weighted by molar-refractivity contribution is 5.99. The molecular weight excluding hydrogens is 843 g/mol. The van der Waals surface area contributed by atoms with Crippen molar-refractivity contribution in [1.82, 2.24) is 0 Å². The lowest BCUT2D eigenvalue weighted by Crippen LogP contribution is -2.26. The van der Waals surface area contributed by atoms with Crippen LogP contribution in [0.25, 0.3) is 34.9 Å². The normalized spacial score (nSPS) is 15.3. The first-order chi connectivity index (χ1) is 34.0. The van der Waals surface area contributed by atoms with E-state index in [9.17, 15) is 0 Å². The molecule has 70 heavy (non-hydrogen) atoms. The third-order valence-corrected chi connectivity index (χ3v) is 15.7. The molecule has 0 saturated heterocycles. The second kappa shape index (κ2) is 16.6. The van der Waals surface area contributed by atoms with Crippen LogP contribution in [-0.4, -0.2) is 0 Å². The molecule has 0 unspecified atom stereocenters. The minimum atomic E-state index is -0.0858. The van der Waals surface area contributed by atoms with Crippen molar-refractivity contribution in [1.29, 1.82) is 0 Å². The van der Waals surface area contributed by atoms with Crippen LogP contribution in [0.5, 0.6) is 0 Å². The summed E-state index contributed by atoms with van der Waals surface area (Å²) < 4.78 is 0. The van der Waals surface area contributed by atoms with Crippen molar-refractivity contribution >= 4 is 52.0 Å². The van der Waals surface area contributed by atoms with Crippen LogP contribution in [0.4, 0.5) is 17.1 Å². The van der Waals surface area contributed by atoms with Gasteiger partial charge >= 0.3 is 0 Å². The van der Waals surface area contributed by atoms with E-state index in [-0.39, 0.29) is 16.2 Å². The van der Waals surface area contributed by atoms with Gasteiger partial charge in [-0.1, -0.05) is 224 Å². The molecule has 0 spiro atoms. The Balaban J connectivity index is 0.946. The van der Waals surface area contributed by atoms with Crippen LogP contribution in [0, 0.1) is 0 Å². The number of benzene rings is 9. The Morgan fingerprint density at radius 3 is 0.629 bits per heavy atom. The number of nitrogens with zero attached hydrogens (tertiary/aromatic N) is 1. The number of anilines is 3. The van der Waals surface area contributed by atoms with Crippen LogP contribution in [-0.2, 0) is 16.2 Å². The molecule has 0 amide bonds. The highest BCUT2D eigenvalue weighted by Gasteiger charge is 2.37. The van der Waals surface area contributed by atoms with Gasteiger partial charge in [-0.25, -0.2) is 0 Å². The van der Waals surface area contributed by atoms with Gasteiger partial charge in [0.05, 0.1) is 0 Å². The fraction of sp³-hybridized carbons (Fsp3) is 0.130. The maximum absolute atomic E-state index is 2.39. The Labute approximate surface area is 414 Å². The summed E-state index contributed by atoms with van der Waals surface area (Å²) >= 11 is 0. The zero-order chi connectivity index (χ0) is 47.8. The van der Waals surface area contributed by atoms with Crippen molar-refractivity contribution < 1.29 is 0 Å². The molecule has 9 aromatic rings. The minimum absolute atomic E-state index is 0.0858. The molecule has 12 rings (SSSR count). The van der Waals surface area contributed by atoms with E-state index in [2.05, 4.69) is 283 Å². The van der Waals surface area contributed by atoms with Crippen LogP contribution in [0.2, 0.25) is 0 Å². The molecule has 0 heterocycles. The predicted molar refractivity (Wildman–Crippen MR) is 297 cm³/mol. The fourth-order valence-corrected chi connectivity index (χ4v) is 12.0. The van der Waals surface area contributed by atoms with Crippen molar-refractivity contribution in [2.24, 2.45) is 0 Å². The second-order valence-electron chi connectivity index (χ2n) is 20.9. The monoisotopic (exact) mass is 899 g/mol. The highest BCUT2D eigenvalue weighted by Crippen LogP contribution is 2.50. The van der Waals surface area contributed by atoms with Gasteiger partial charge in [0.15, 0.2) is 0 Å². The average molecular weight is 900 g/mol. The van der Waals surface area contributed by atoms with Gasteiger partial charge in [0.25, 0.3) is 0 Å². The van der Waals surface area contributed by atoms with Gasteiger partial charge in [0, 0.05) is 33.3 Å². The van der Waals surface area contributed by atoms with Gasteiger partial charge in [-0.15, -0.1) is 0 Å². The summed E-state index contributed by atoms with van der Waals surface area (Å²) in [5.74, 6) is 0. The summed E-state index contributed by atoms with van der Waals surface area (Å²) in [5.41, 5.74) is 26.3. The molecule has 0 N–H and O–H groups in total.